The van der Waals surface area contributed by atoms with Crippen LogP contribution in [0.15, 0.2) is 72.9 Å². The maximum Gasteiger partial charge on any atom is 0.323 e. The lowest BCUT2D eigenvalue weighted by atomic mass is 9.97. The maximum atomic E-state index is 12.7. The number of aryl methyl sites for hydroxylation is 2. The number of pyridine rings is 1. The summed E-state index contributed by atoms with van der Waals surface area (Å²) in [5, 5.41) is 7.23. The summed E-state index contributed by atoms with van der Waals surface area (Å²) in [5.41, 5.74) is 8.89. The molecule has 3 aromatic carbocycles. The van der Waals surface area contributed by atoms with Crippen molar-refractivity contribution in [3.05, 3.63) is 101 Å². The molecule has 0 saturated carbocycles. The number of fused-ring (bicyclic) bond motifs is 2. The zero-order valence-corrected chi connectivity index (χ0v) is 19.1. The zero-order chi connectivity index (χ0) is 22.8. The van der Waals surface area contributed by atoms with E-state index in [1.165, 1.54) is 27.6 Å². The molecule has 0 bridgehead atoms. The van der Waals surface area contributed by atoms with E-state index in [-0.39, 0.29) is 6.03 Å². The van der Waals surface area contributed by atoms with Gasteiger partial charge in [-0.15, -0.1) is 0 Å². The van der Waals surface area contributed by atoms with E-state index in [0.29, 0.717) is 0 Å². The van der Waals surface area contributed by atoms with Crippen LogP contribution in [0, 0.1) is 13.8 Å². The minimum Gasteiger partial charge on any atom is -0.308 e. The summed E-state index contributed by atoms with van der Waals surface area (Å²) < 4.78 is 0. The van der Waals surface area contributed by atoms with Crippen molar-refractivity contribution < 1.29 is 4.79 Å². The van der Waals surface area contributed by atoms with Crippen LogP contribution in [0.2, 0.25) is 0 Å². The predicted molar refractivity (Wildman–Crippen MR) is 135 cm³/mol. The van der Waals surface area contributed by atoms with Gasteiger partial charge in [0, 0.05) is 42.6 Å². The van der Waals surface area contributed by atoms with Crippen molar-refractivity contribution in [2.45, 2.75) is 33.4 Å². The first-order valence-electron chi connectivity index (χ1n) is 11.4. The van der Waals surface area contributed by atoms with Crippen LogP contribution in [-0.2, 0) is 19.5 Å². The highest BCUT2D eigenvalue weighted by Crippen LogP contribution is 2.28. The second kappa shape index (κ2) is 9.04. The van der Waals surface area contributed by atoms with Gasteiger partial charge in [-0.05, 0) is 78.4 Å². The van der Waals surface area contributed by atoms with Crippen LogP contribution >= 0.6 is 0 Å². The minimum atomic E-state index is -0.211. The Hall–Kier alpha value is -3.70. The molecule has 4 aromatic rings. The van der Waals surface area contributed by atoms with Crippen LogP contribution in [0.5, 0.6) is 0 Å². The van der Waals surface area contributed by atoms with Crippen molar-refractivity contribution >= 4 is 28.3 Å². The van der Waals surface area contributed by atoms with E-state index < -0.39 is 0 Å². The molecule has 1 aromatic heterocycles. The number of para-hydroxylation sites is 1. The number of nitrogens with zero attached hydrogens (tertiary/aromatic N) is 2. The van der Waals surface area contributed by atoms with Gasteiger partial charge in [0.05, 0.1) is 5.52 Å². The Morgan fingerprint density at radius 1 is 0.970 bits per heavy atom. The molecule has 2 N–H and O–H groups in total. The van der Waals surface area contributed by atoms with Crippen LogP contribution in [0.3, 0.4) is 0 Å². The molecule has 2 heterocycles. The maximum absolute atomic E-state index is 12.7. The number of anilines is 2. The Kier molecular flexibility index (Phi) is 5.80. The fourth-order valence-corrected chi connectivity index (χ4v) is 4.56. The van der Waals surface area contributed by atoms with Gasteiger partial charge in [0.2, 0.25) is 0 Å². The first-order valence-corrected chi connectivity index (χ1v) is 11.4. The van der Waals surface area contributed by atoms with E-state index in [1.807, 2.05) is 49.5 Å². The van der Waals surface area contributed by atoms with Gasteiger partial charge in [0.25, 0.3) is 0 Å². The van der Waals surface area contributed by atoms with E-state index in [0.717, 1.165) is 48.5 Å². The summed E-state index contributed by atoms with van der Waals surface area (Å²) in [6.45, 7) is 6.80. The summed E-state index contributed by atoms with van der Waals surface area (Å²) in [6, 6.07) is 22.3. The normalized spacial score (nSPS) is 13.5. The summed E-state index contributed by atoms with van der Waals surface area (Å²) in [4.78, 5) is 19.6. The van der Waals surface area contributed by atoms with Crippen molar-refractivity contribution in [1.82, 2.24) is 9.88 Å². The Balaban J connectivity index is 1.29. The van der Waals surface area contributed by atoms with Gasteiger partial charge in [-0.25, -0.2) is 4.79 Å². The number of benzene rings is 3. The summed E-state index contributed by atoms with van der Waals surface area (Å²) in [7, 11) is 0. The Morgan fingerprint density at radius 2 is 1.85 bits per heavy atom. The first kappa shape index (κ1) is 21.2. The number of nitrogens with one attached hydrogen (secondary N) is 2. The average Bonchev–Trinajstić information content (AvgIpc) is 2.82. The Bertz CT molecular complexity index is 1330. The highest BCUT2D eigenvalue weighted by Gasteiger charge is 2.20. The van der Waals surface area contributed by atoms with Gasteiger partial charge in [-0.1, -0.05) is 36.4 Å². The highest BCUT2D eigenvalue weighted by atomic mass is 16.2. The molecule has 5 rings (SSSR count). The largest absolute Gasteiger partial charge is 0.323 e. The van der Waals surface area contributed by atoms with E-state index in [1.54, 1.807) is 0 Å². The third-order valence-corrected chi connectivity index (χ3v) is 6.49. The molecular weight excluding hydrogens is 408 g/mol. The van der Waals surface area contributed by atoms with E-state index in [9.17, 15) is 4.79 Å². The molecule has 33 heavy (non-hydrogen) atoms. The molecule has 0 fully saturated rings. The third kappa shape index (κ3) is 4.59. The molecule has 0 radical (unpaired) electrons. The number of hydrogen-bond acceptors (Lipinski definition) is 3. The minimum absolute atomic E-state index is 0.211. The zero-order valence-electron chi connectivity index (χ0n) is 19.1. The van der Waals surface area contributed by atoms with Crippen LogP contribution < -0.4 is 10.6 Å². The van der Waals surface area contributed by atoms with Crippen LogP contribution in [0.25, 0.3) is 10.9 Å². The highest BCUT2D eigenvalue weighted by molar-refractivity contribution is 6.00. The third-order valence-electron chi connectivity index (χ3n) is 6.49. The standard InChI is InChI=1S/C28H28N4O/c1-19-10-11-23(16-20(19)2)30-28(33)31-27-9-5-6-21-17-32(15-13-25(21)27)18-22-12-14-29-26-8-4-3-7-24(22)26/h3-12,14,16H,13,15,17-18H2,1-2H3,(H2,30,31,33). The van der Waals surface area contributed by atoms with Crippen LogP contribution in [0.4, 0.5) is 16.2 Å². The molecule has 5 heteroatoms. The van der Waals surface area contributed by atoms with E-state index >= 15 is 0 Å². The van der Waals surface area contributed by atoms with Gasteiger partial charge in [0.1, 0.15) is 0 Å². The topological polar surface area (TPSA) is 57.3 Å². The molecule has 0 aliphatic carbocycles. The second-order valence-electron chi connectivity index (χ2n) is 8.77. The lowest BCUT2D eigenvalue weighted by Gasteiger charge is -2.30. The Labute approximate surface area is 194 Å². The van der Waals surface area contributed by atoms with Gasteiger partial charge >= 0.3 is 6.03 Å². The summed E-state index contributed by atoms with van der Waals surface area (Å²) in [5.74, 6) is 0. The van der Waals surface area contributed by atoms with Crippen LogP contribution in [0.1, 0.15) is 27.8 Å². The molecule has 0 unspecified atom stereocenters. The van der Waals surface area contributed by atoms with Crippen molar-refractivity contribution in [2.75, 3.05) is 17.2 Å². The molecule has 0 spiro atoms. The van der Waals surface area contributed by atoms with Crippen LogP contribution in [-0.4, -0.2) is 22.5 Å². The number of carbonyl (C=O) groups excluding carboxylic acids is 1. The van der Waals surface area contributed by atoms with E-state index in [2.05, 4.69) is 57.8 Å². The van der Waals surface area contributed by atoms with Gasteiger partial charge in [-0.3, -0.25) is 9.88 Å². The monoisotopic (exact) mass is 436 g/mol. The number of hydrogen-bond donors (Lipinski definition) is 2. The second-order valence-corrected chi connectivity index (χ2v) is 8.77. The molecule has 2 amide bonds. The lowest BCUT2D eigenvalue weighted by Crippen LogP contribution is -2.31. The average molecular weight is 437 g/mol. The van der Waals surface area contributed by atoms with Gasteiger partial charge in [-0.2, -0.15) is 0 Å². The Morgan fingerprint density at radius 3 is 2.73 bits per heavy atom. The smallest absolute Gasteiger partial charge is 0.308 e. The summed E-state index contributed by atoms with van der Waals surface area (Å²) in [6.07, 6.45) is 2.80. The summed E-state index contributed by atoms with van der Waals surface area (Å²) >= 11 is 0. The predicted octanol–water partition coefficient (Wildman–Crippen LogP) is 6.05. The fraction of sp³-hybridized carbons (Fsp3) is 0.214. The van der Waals surface area contributed by atoms with Crippen molar-refractivity contribution in [1.29, 1.82) is 0 Å². The number of rotatable bonds is 4. The van der Waals surface area contributed by atoms with Gasteiger partial charge < -0.3 is 10.6 Å². The molecule has 5 nitrogen and oxygen atoms in total. The number of aromatic nitrogens is 1. The molecule has 0 atom stereocenters. The molecule has 166 valence electrons. The number of urea groups is 1. The van der Waals surface area contributed by atoms with Crippen molar-refractivity contribution in [3.63, 3.8) is 0 Å². The molecular formula is C28H28N4O. The lowest BCUT2D eigenvalue weighted by molar-refractivity contribution is 0.246. The van der Waals surface area contributed by atoms with Crippen molar-refractivity contribution in [2.24, 2.45) is 0 Å². The quantitative estimate of drug-likeness (QED) is 0.409. The van der Waals surface area contributed by atoms with Crippen molar-refractivity contribution in [3.8, 4) is 0 Å². The number of carbonyl (C=O) groups is 1. The van der Waals surface area contributed by atoms with Gasteiger partial charge in [0.15, 0.2) is 0 Å². The molecule has 0 saturated heterocycles. The SMILES string of the molecule is Cc1ccc(NC(=O)Nc2cccc3c2CCN(Cc2ccnc4ccccc24)C3)cc1C. The molecule has 1 aliphatic heterocycles. The molecule has 1 aliphatic rings. The van der Waals surface area contributed by atoms with E-state index in [4.69, 9.17) is 0 Å². The number of amides is 2. The fourth-order valence-electron chi connectivity index (χ4n) is 4.56. The first-order chi connectivity index (χ1) is 16.1.